The minimum atomic E-state index is -0.174. The van der Waals surface area contributed by atoms with Gasteiger partial charge >= 0.3 is 0 Å². The minimum absolute atomic E-state index is 0.0663. The van der Waals surface area contributed by atoms with E-state index in [1.54, 1.807) is 17.4 Å². The van der Waals surface area contributed by atoms with Gasteiger partial charge in [-0.1, -0.05) is 6.07 Å². The number of nitrogens with one attached hydrogen (secondary N) is 1. The highest BCUT2D eigenvalue weighted by molar-refractivity contribution is 7.17. The van der Waals surface area contributed by atoms with Crippen LogP contribution >= 0.6 is 22.7 Å². The van der Waals surface area contributed by atoms with Crippen molar-refractivity contribution < 1.29 is 4.79 Å². The summed E-state index contributed by atoms with van der Waals surface area (Å²) in [5, 5.41) is 6.56. The monoisotopic (exact) mass is 331 g/mol. The molecule has 22 heavy (non-hydrogen) atoms. The summed E-state index contributed by atoms with van der Waals surface area (Å²) in [7, 11) is 0. The number of hydrogen-bond acceptors (Lipinski definition) is 5. The molecular formula is C15H13N3O2S2. The third-order valence-electron chi connectivity index (χ3n) is 3.03. The summed E-state index contributed by atoms with van der Waals surface area (Å²) in [5.41, 5.74) is 0.651. The first-order valence-electron chi connectivity index (χ1n) is 6.66. The maximum absolute atomic E-state index is 12.2. The molecule has 3 heterocycles. The maximum atomic E-state index is 12.2. The van der Waals surface area contributed by atoms with Crippen LogP contribution < -0.4 is 10.9 Å². The second-order valence-electron chi connectivity index (χ2n) is 4.52. The average molecular weight is 331 g/mol. The summed E-state index contributed by atoms with van der Waals surface area (Å²) in [5.74, 6) is -0.174. The fourth-order valence-corrected chi connectivity index (χ4v) is 3.35. The van der Waals surface area contributed by atoms with E-state index in [1.807, 2.05) is 29.0 Å². The van der Waals surface area contributed by atoms with Crippen molar-refractivity contribution in [2.24, 2.45) is 0 Å². The van der Waals surface area contributed by atoms with Crippen LogP contribution in [0.1, 0.15) is 4.88 Å². The maximum Gasteiger partial charge on any atom is 0.271 e. The highest BCUT2D eigenvalue weighted by atomic mass is 32.1. The molecule has 3 aromatic heterocycles. The van der Waals surface area contributed by atoms with Gasteiger partial charge in [0.05, 0.1) is 11.8 Å². The third-order valence-corrected chi connectivity index (χ3v) is 4.76. The Bertz CT molecular complexity index is 862. The molecule has 0 aliphatic heterocycles. The second kappa shape index (κ2) is 6.67. The van der Waals surface area contributed by atoms with E-state index < -0.39 is 0 Å². The fourth-order valence-electron chi connectivity index (χ4n) is 1.94. The third kappa shape index (κ3) is 3.32. The average Bonchev–Trinajstić information content (AvgIpc) is 3.18. The van der Waals surface area contributed by atoms with E-state index in [-0.39, 0.29) is 11.5 Å². The van der Waals surface area contributed by atoms with Gasteiger partial charge in [0.1, 0.15) is 4.70 Å². The SMILES string of the molecule is O=C(C=Cc1cccs1)NCCn1cnc2ccsc2c1=O. The molecule has 0 spiro atoms. The zero-order valence-electron chi connectivity index (χ0n) is 11.6. The summed E-state index contributed by atoms with van der Waals surface area (Å²) >= 11 is 2.95. The second-order valence-corrected chi connectivity index (χ2v) is 6.41. The van der Waals surface area contributed by atoms with E-state index >= 15 is 0 Å². The first-order valence-corrected chi connectivity index (χ1v) is 8.42. The van der Waals surface area contributed by atoms with Crippen molar-refractivity contribution in [3.8, 4) is 0 Å². The van der Waals surface area contributed by atoms with Crippen molar-refractivity contribution in [3.63, 3.8) is 0 Å². The lowest BCUT2D eigenvalue weighted by Gasteiger charge is -2.05. The Labute approximate surface area is 134 Å². The van der Waals surface area contributed by atoms with Gasteiger partial charge in [-0.25, -0.2) is 4.98 Å². The number of rotatable bonds is 5. The normalized spacial score (nSPS) is 11.3. The Kier molecular flexibility index (Phi) is 4.45. The predicted octanol–water partition coefficient (Wildman–Crippen LogP) is 2.35. The molecule has 0 saturated carbocycles. The molecule has 3 aromatic rings. The van der Waals surface area contributed by atoms with Crippen molar-refractivity contribution in [2.45, 2.75) is 6.54 Å². The van der Waals surface area contributed by atoms with Crippen LogP contribution in [0.15, 0.2) is 46.2 Å². The van der Waals surface area contributed by atoms with Gasteiger partial charge in [-0.15, -0.1) is 22.7 Å². The summed E-state index contributed by atoms with van der Waals surface area (Å²) < 4.78 is 2.16. The van der Waals surface area contributed by atoms with Gasteiger partial charge in [-0.2, -0.15) is 0 Å². The molecule has 3 rings (SSSR count). The number of amides is 1. The zero-order valence-corrected chi connectivity index (χ0v) is 13.2. The van der Waals surface area contributed by atoms with Gasteiger partial charge in [0.2, 0.25) is 5.91 Å². The largest absolute Gasteiger partial charge is 0.351 e. The summed E-state index contributed by atoms with van der Waals surface area (Å²) in [6.07, 6.45) is 4.78. The van der Waals surface area contributed by atoms with Crippen LogP contribution in [0.4, 0.5) is 0 Å². The molecule has 1 N–H and O–H groups in total. The van der Waals surface area contributed by atoms with Gasteiger partial charge in [-0.3, -0.25) is 14.2 Å². The fraction of sp³-hybridized carbons (Fsp3) is 0.133. The van der Waals surface area contributed by atoms with E-state index in [1.165, 1.54) is 28.3 Å². The predicted molar refractivity (Wildman–Crippen MR) is 90.2 cm³/mol. The Balaban J connectivity index is 1.57. The molecule has 0 bridgehead atoms. The lowest BCUT2D eigenvalue weighted by molar-refractivity contribution is -0.116. The lowest BCUT2D eigenvalue weighted by Crippen LogP contribution is -2.29. The number of carbonyl (C=O) groups excluding carboxylic acids is 1. The minimum Gasteiger partial charge on any atom is -0.351 e. The molecule has 0 aliphatic carbocycles. The number of carbonyl (C=O) groups is 1. The Hall–Kier alpha value is -2.25. The van der Waals surface area contributed by atoms with Crippen molar-refractivity contribution in [2.75, 3.05) is 6.54 Å². The number of nitrogens with zero attached hydrogens (tertiary/aromatic N) is 2. The number of aromatic nitrogens is 2. The van der Waals surface area contributed by atoms with Crippen LogP contribution in [-0.2, 0) is 11.3 Å². The van der Waals surface area contributed by atoms with E-state index in [9.17, 15) is 9.59 Å². The Morgan fingerprint density at radius 3 is 3.05 bits per heavy atom. The van der Waals surface area contributed by atoms with E-state index in [0.717, 1.165) is 4.88 Å². The van der Waals surface area contributed by atoms with Gasteiger partial charge in [0.15, 0.2) is 0 Å². The van der Waals surface area contributed by atoms with Gasteiger partial charge in [0, 0.05) is 24.0 Å². The molecule has 112 valence electrons. The van der Waals surface area contributed by atoms with Crippen molar-refractivity contribution in [1.82, 2.24) is 14.9 Å². The quantitative estimate of drug-likeness (QED) is 0.730. The smallest absolute Gasteiger partial charge is 0.271 e. The van der Waals surface area contributed by atoms with Crippen molar-refractivity contribution in [1.29, 1.82) is 0 Å². The standard InChI is InChI=1S/C15H13N3O2S2/c19-13(4-3-11-2-1-8-21-11)16-6-7-18-10-17-12-5-9-22-14(12)15(18)20/h1-5,8-10H,6-7H2,(H,16,19). The van der Waals surface area contributed by atoms with Crippen LogP contribution in [0.25, 0.3) is 16.3 Å². The Morgan fingerprint density at radius 2 is 2.23 bits per heavy atom. The molecule has 0 atom stereocenters. The molecule has 0 unspecified atom stereocenters. The van der Waals surface area contributed by atoms with E-state index in [4.69, 9.17) is 0 Å². The van der Waals surface area contributed by atoms with E-state index in [2.05, 4.69) is 10.3 Å². The first kappa shape index (κ1) is 14.7. The molecule has 7 heteroatoms. The van der Waals surface area contributed by atoms with Crippen LogP contribution in [0.2, 0.25) is 0 Å². The highest BCUT2D eigenvalue weighted by Crippen LogP contribution is 2.13. The van der Waals surface area contributed by atoms with Gasteiger partial charge in [0.25, 0.3) is 5.56 Å². The van der Waals surface area contributed by atoms with Crippen LogP contribution in [-0.4, -0.2) is 22.0 Å². The number of fused-ring (bicyclic) bond motifs is 1. The Morgan fingerprint density at radius 1 is 1.32 bits per heavy atom. The molecule has 0 fully saturated rings. The molecule has 1 amide bonds. The van der Waals surface area contributed by atoms with E-state index in [0.29, 0.717) is 23.3 Å². The number of hydrogen-bond donors (Lipinski definition) is 1. The molecule has 5 nitrogen and oxygen atoms in total. The molecular weight excluding hydrogens is 318 g/mol. The lowest BCUT2D eigenvalue weighted by atomic mass is 10.4. The highest BCUT2D eigenvalue weighted by Gasteiger charge is 2.05. The zero-order chi connectivity index (χ0) is 15.4. The van der Waals surface area contributed by atoms with Gasteiger partial charge in [-0.05, 0) is 29.0 Å². The van der Waals surface area contributed by atoms with Crippen LogP contribution in [0.5, 0.6) is 0 Å². The van der Waals surface area contributed by atoms with Crippen LogP contribution in [0, 0.1) is 0 Å². The van der Waals surface area contributed by atoms with Gasteiger partial charge < -0.3 is 5.32 Å². The molecule has 0 aliphatic rings. The summed E-state index contributed by atoms with van der Waals surface area (Å²) in [6, 6.07) is 5.70. The molecule has 0 aromatic carbocycles. The summed E-state index contributed by atoms with van der Waals surface area (Å²) in [4.78, 5) is 29.1. The van der Waals surface area contributed by atoms with Crippen molar-refractivity contribution >= 4 is 44.9 Å². The van der Waals surface area contributed by atoms with Crippen molar-refractivity contribution in [3.05, 3.63) is 56.6 Å². The molecule has 0 radical (unpaired) electrons. The van der Waals surface area contributed by atoms with Crippen LogP contribution in [0.3, 0.4) is 0 Å². The topological polar surface area (TPSA) is 64.0 Å². The first-order chi connectivity index (χ1) is 10.7. The number of thiophene rings is 2. The molecule has 0 saturated heterocycles. The summed E-state index contributed by atoms with van der Waals surface area (Å²) in [6.45, 7) is 0.782.